The van der Waals surface area contributed by atoms with E-state index in [0.717, 1.165) is 5.56 Å². The Labute approximate surface area is 98.4 Å². The van der Waals surface area contributed by atoms with Crippen molar-refractivity contribution in [1.82, 2.24) is 0 Å². The van der Waals surface area contributed by atoms with Crippen LogP contribution in [0.5, 0.6) is 5.75 Å². The Morgan fingerprint density at radius 3 is 2.53 bits per heavy atom. The SMILES string of the molecule is CC(=O)Cc1cc(C(C)C)cc(Br)c1O. The number of benzene rings is 1. The molecule has 0 amide bonds. The van der Waals surface area contributed by atoms with Crippen LogP contribution in [0, 0.1) is 0 Å². The minimum absolute atomic E-state index is 0.0538. The van der Waals surface area contributed by atoms with Gasteiger partial charge in [-0.1, -0.05) is 19.9 Å². The van der Waals surface area contributed by atoms with Gasteiger partial charge >= 0.3 is 0 Å². The first-order valence-electron chi connectivity index (χ1n) is 4.92. The molecule has 0 fully saturated rings. The number of phenolic OH excluding ortho intramolecular Hbond substituents is 1. The molecule has 2 nitrogen and oxygen atoms in total. The number of hydrogen-bond donors (Lipinski definition) is 1. The number of ketones is 1. The number of halogens is 1. The lowest BCUT2D eigenvalue weighted by atomic mass is 9.98. The summed E-state index contributed by atoms with van der Waals surface area (Å²) in [4.78, 5) is 11.0. The van der Waals surface area contributed by atoms with Gasteiger partial charge in [-0.2, -0.15) is 0 Å². The molecule has 1 N–H and O–H groups in total. The first kappa shape index (κ1) is 12.2. The highest BCUT2D eigenvalue weighted by Crippen LogP contribution is 2.32. The van der Waals surface area contributed by atoms with E-state index in [1.54, 1.807) is 0 Å². The molecule has 1 aromatic carbocycles. The van der Waals surface area contributed by atoms with E-state index in [1.807, 2.05) is 12.1 Å². The Hall–Kier alpha value is -0.830. The lowest BCUT2D eigenvalue weighted by Crippen LogP contribution is -1.99. The van der Waals surface area contributed by atoms with Crippen molar-refractivity contribution < 1.29 is 9.90 Å². The average Bonchev–Trinajstić information content (AvgIpc) is 2.11. The zero-order chi connectivity index (χ0) is 11.6. The first-order valence-corrected chi connectivity index (χ1v) is 5.71. The molecule has 82 valence electrons. The normalized spacial score (nSPS) is 10.7. The molecule has 0 heterocycles. The Kier molecular flexibility index (Phi) is 3.91. The van der Waals surface area contributed by atoms with Gasteiger partial charge in [-0.05, 0) is 40.4 Å². The van der Waals surface area contributed by atoms with Gasteiger partial charge in [-0.15, -0.1) is 0 Å². The number of carbonyl (C=O) groups is 1. The number of phenols is 1. The van der Waals surface area contributed by atoms with Gasteiger partial charge in [0.1, 0.15) is 11.5 Å². The van der Waals surface area contributed by atoms with Crippen LogP contribution in [0.15, 0.2) is 16.6 Å². The summed E-state index contributed by atoms with van der Waals surface area (Å²) < 4.78 is 0.657. The fraction of sp³-hybridized carbons (Fsp3) is 0.417. The largest absolute Gasteiger partial charge is 0.506 e. The van der Waals surface area contributed by atoms with Gasteiger partial charge in [-0.3, -0.25) is 4.79 Å². The second-order valence-electron chi connectivity index (χ2n) is 4.04. The van der Waals surface area contributed by atoms with Crippen LogP contribution in [-0.4, -0.2) is 10.9 Å². The monoisotopic (exact) mass is 270 g/mol. The molecular formula is C12H15BrO2. The topological polar surface area (TPSA) is 37.3 Å². The van der Waals surface area contributed by atoms with Crippen molar-refractivity contribution in [3.8, 4) is 5.75 Å². The predicted molar refractivity (Wildman–Crippen MR) is 64.3 cm³/mol. The second-order valence-corrected chi connectivity index (χ2v) is 4.90. The first-order chi connectivity index (χ1) is 6.91. The standard InChI is InChI=1S/C12H15BrO2/c1-7(2)9-5-10(4-8(3)14)12(15)11(13)6-9/h5-7,15H,4H2,1-3H3. The van der Waals surface area contributed by atoms with Crippen molar-refractivity contribution in [2.45, 2.75) is 33.1 Å². The summed E-state index contributed by atoms with van der Waals surface area (Å²) in [7, 11) is 0. The highest BCUT2D eigenvalue weighted by atomic mass is 79.9. The number of Topliss-reactive ketones (excluding diaryl/α,β-unsaturated/α-hetero) is 1. The lowest BCUT2D eigenvalue weighted by Gasteiger charge is -2.11. The smallest absolute Gasteiger partial charge is 0.134 e. The van der Waals surface area contributed by atoms with Gasteiger partial charge in [0.05, 0.1) is 4.47 Å². The summed E-state index contributed by atoms with van der Waals surface area (Å²) in [5.41, 5.74) is 1.82. The van der Waals surface area contributed by atoms with Gasteiger partial charge < -0.3 is 5.11 Å². The van der Waals surface area contributed by atoms with Crippen LogP contribution in [0.25, 0.3) is 0 Å². The zero-order valence-electron chi connectivity index (χ0n) is 9.17. The van der Waals surface area contributed by atoms with E-state index in [-0.39, 0.29) is 18.0 Å². The van der Waals surface area contributed by atoms with Crippen molar-refractivity contribution in [3.63, 3.8) is 0 Å². The number of aromatic hydroxyl groups is 1. The van der Waals surface area contributed by atoms with Crippen molar-refractivity contribution >= 4 is 21.7 Å². The Balaban J connectivity index is 3.18. The molecule has 0 saturated heterocycles. The Morgan fingerprint density at radius 2 is 2.07 bits per heavy atom. The van der Waals surface area contributed by atoms with Crippen molar-refractivity contribution in [1.29, 1.82) is 0 Å². The van der Waals surface area contributed by atoms with Crippen LogP contribution in [-0.2, 0) is 11.2 Å². The third-order valence-electron chi connectivity index (χ3n) is 2.27. The fourth-order valence-corrected chi connectivity index (χ4v) is 1.93. The van der Waals surface area contributed by atoms with Gasteiger partial charge in [0.2, 0.25) is 0 Å². The molecule has 0 atom stereocenters. The zero-order valence-corrected chi connectivity index (χ0v) is 10.8. The van der Waals surface area contributed by atoms with Crippen LogP contribution in [0.4, 0.5) is 0 Å². The molecule has 0 unspecified atom stereocenters. The fourth-order valence-electron chi connectivity index (χ4n) is 1.42. The van der Waals surface area contributed by atoms with Gasteiger partial charge in [0, 0.05) is 12.0 Å². The minimum atomic E-state index is 0.0538. The molecule has 0 aliphatic carbocycles. The van der Waals surface area contributed by atoms with Gasteiger partial charge in [0.15, 0.2) is 0 Å². The van der Waals surface area contributed by atoms with E-state index in [2.05, 4.69) is 29.8 Å². The van der Waals surface area contributed by atoms with E-state index in [1.165, 1.54) is 6.92 Å². The quantitative estimate of drug-likeness (QED) is 0.914. The van der Waals surface area contributed by atoms with E-state index in [4.69, 9.17) is 0 Å². The highest BCUT2D eigenvalue weighted by Gasteiger charge is 2.11. The molecule has 0 spiro atoms. The number of rotatable bonds is 3. The van der Waals surface area contributed by atoms with Gasteiger partial charge in [0.25, 0.3) is 0 Å². The van der Waals surface area contributed by atoms with Crippen molar-refractivity contribution in [3.05, 3.63) is 27.7 Å². The molecule has 15 heavy (non-hydrogen) atoms. The maximum absolute atomic E-state index is 11.0. The van der Waals surface area contributed by atoms with Gasteiger partial charge in [-0.25, -0.2) is 0 Å². The van der Waals surface area contributed by atoms with Crippen LogP contribution < -0.4 is 0 Å². The third-order valence-corrected chi connectivity index (χ3v) is 2.88. The maximum Gasteiger partial charge on any atom is 0.134 e. The molecule has 3 heteroatoms. The maximum atomic E-state index is 11.0. The molecule has 0 aliphatic heterocycles. The predicted octanol–water partition coefficient (Wildman–Crippen LogP) is 3.41. The van der Waals surface area contributed by atoms with E-state index in [9.17, 15) is 9.90 Å². The van der Waals surface area contributed by atoms with Crippen molar-refractivity contribution in [2.75, 3.05) is 0 Å². The van der Waals surface area contributed by atoms with Crippen LogP contribution in [0.1, 0.15) is 37.8 Å². The molecule has 0 aliphatic rings. The highest BCUT2D eigenvalue weighted by molar-refractivity contribution is 9.10. The van der Waals surface area contributed by atoms with Crippen LogP contribution >= 0.6 is 15.9 Å². The summed E-state index contributed by atoms with van der Waals surface area (Å²) in [6, 6.07) is 3.79. The van der Waals surface area contributed by atoms with E-state index in [0.29, 0.717) is 16.0 Å². The molecule has 0 radical (unpaired) electrons. The van der Waals surface area contributed by atoms with Crippen LogP contribution in [0.3, 0.4) is 0 Å². The second kappa shape index (κ2) is 4.79. The molecule has 1 rings (SSSR count). The molecule has 0 aromatic heterocycles. The molecule has 0 saturated carbocycles. The third kappa shape index (κ3) is 3.06. The number of hydrogen-bond acceptors (Lipinski definition) is 2. The lowest BCUT2D eigenvalue weighted by molar-refractivity contribution is -0.116. The van der Waals surface area contributed by atoms with E-state index < -0.39 is 0 Å². The Bertz CT molecular complexity index is 383. The molecule has 1 aromatic rings. The van der Waals surface area contributed by atoms with E-state index >= 15 is 0 Å². The summed E-state index contributed by atoms with van der Waals surface area (Å²) in [5.74, 6) is 0.611. The number of carbonyl (C=O) groups excluding carboxylic acids is 1. The molecule has 0 bridgehead atoms. The summed E-state index contributed by atoms with van der Waals surface area (Å²) in [6.45, 7) is 5.68. The summed E-state index contributed by atoms with van der Waals surface area (Å²) in [6.07, 6.45) is 0.283. The molecular weight excluding hydrogens is 256 g/mol. The average molecular weight is 271 g/mol. The van der Waals surface area contributed by atoms with Crippen LogP contribution in [0.2, 0.25) is 0 Å². The Morgan fingerprint density at radius 1 is 1.47 bits per heavy atom. The minimum Gasteiger partial charge on any atom is -0.506 e. The van der Waals surface area contributed by atoms with Crippen molar-refractivity contribution in [2.24, 2.45) is 0 Å². The summed E-state index contributed by atoms with van der Waals surface area (Å²) in [5, 5.41) is 9.75. The summed E-state index contributed by atoms with van der Waals surface area (Å²) >= 11 is 3.29.